The van der Waals surface area contributed by atoms with Gasteiger partial charge in [-0.3, -0.25) is 9.69 Å². The minimum Gasteiger partial charge on any atom is -0.394 e. The summed E-state index contributed by atoms with van der Waals surface area (Å²) in [5.41, 5.74) is 7.93. The quantitative estimate of drug-likeness (QED) is 0.676. The number of nitrogens with zero attached hydrogens (tertiary/aromatic N) is 1. The highest BCUT2D eigenvalue weighted by atomic mass is 16.1. The lowest BCUT2D eigenvalue weighted by Crippen LogP contribution is -2.32. The Labute approximate surface area is 82.7 Å². The van der Waals surface area contributed by atoms with Crippen molar-refractivity contribution in [2.45, 2.75) is 19.9 Å². The Morgan fingerprint density at radius 2 is 2.43 bits per heavy atom. The van der Waals surface area contributed by atoms with Gasteiger partial charge in [0.15, 0.2) is 0 Å². The first-order valence-corrected chi connectivity index (χ1v) is 4.93. The number of anilines is 1. The van der Waals surface area contributed by atoms with Crippen molar-refractivity contribution in [2.75, 3.05) is 18.8 Å². The molecule has 0 amide bonds. The molecule has 4 heteroatoms. The number of pyridine rings is 1. The smallest absolute Gasteiger partial charge is 0.271 e. The number of aromatic amines is 1. The van der Waals surface area contributed by atoms with Gasteiger partial charge in [-0.05, 0) is 24.6 Å². The summed E-state index contributed by atoms with van der Waals surface area (Å²) in [7, 11) is 0. The second kappa shape index (κ2) is 3.46. The van der Waals surface area contributed by atoms with E-state index in [0.717, 1.165) is 31.7 Å². The van der Waals surface area contributed by atoms with E-state index in [1.165, 1.54) is 5.56 Å². The van der Waals surface area contributed by atoms with E-state index in [4.69, 9.17) is 5.73 Å². The number of aromatic nitrogens is 1. The molecule has 1 aromatic rings. The fraction of sp³-hybridized carbons (Fsp3) is 0.500. The molecule has 14 heavy (non-hydrogen) atoms. The maximum Gasteiger partial charge on any atom is 0.271 e. The monoisotopic (exact) mass is 193 g/mol. The number of rotatable bonds is 1. The Hall–Kier alpha value is -1.29. The SMILES string of the molecule is CCN1CCc2cc(N)c(=O)[nH]c2C1. The molecule has 0 bridgehead atoms. The molecule has 3 N–H and O–H groups in total. The summed E-state index contributed by atoms with van der Waals surface area (Å²) < 4.78 is 0. The van der Waals surface area contributed by atoms with E-state index in [0.29, 0.717) is 5.69 Å². The minimum absolute atomic E-state index is 0.165. The van der Waals surface area contributed by atoms with E-state index in [1.807, 2.05) is 0 Å². The molecule has 0 saturated heterocycles. The van der Waals surface area contributed by atoms with Crippen molar-refractivity contribution < 1.29 is 0 Å². The molecule has 0 aromatic carbocycles. The first-order valence-electron chi connectivity index (χ1n) is 4.93. The Balaban J connectivity index is 2.38. The van der Waals surface area contributed by atoms with Crippen LogP contribution in [0, 0.1) is 0 Å². The third kappa shape index (κ3) is 1.53. The van der Waals surface area contributed by atoms with Gasteiger partial charge >= 0.3 is 0 Å². The predicted molar refractivity (Wildman–Crippen MR) is 56.1 cm³/mol. The molecule has 0 atom stereocenters. The maximum absolute atomic E-state index is 11.3. The largest absolute Gasteiger partial charge is 0.394 e. The second-order valence-corrected chi connectivity index (χ2v) is 3.68. The van der Waals surface area contributed by atoms with E-state index in [-0.39, 0.29) is 5.56 Å². The summed E-state index contributed by atoms with van der Waals surface area (Å²) in [4.78, 5) is 16.4. The van der Waals surface area contributed by atoms with Crippen molar-refractivity contribution in [1.82, 2.24) is 9.88 Å². The fourth-order valence-corrected chi connectivity index (χ4v) is 1.85. The van der Waals surface area contributed by atoms with Crippen molar-refractivity contribution >= 4 is 5.69 Å². The average molecular weight is 193 g/mol. The van der Waals surface area contributed by atoms with Crippen LogP contribution in [0.5, 0.6) is 0 Å². The van der Waals surface area contributed by atoms with E-state index in [1.54, 1.807) is 6.07 Å². The van der Waals surface area contributed by atoms with Crippen LogP contribution in [0.15, 0.2) is 10.9 Å². The van der Waals surface area contributed by atoms with Gasteiger partial charge in [-0.25, -0.2) is 0 Å². The number of nitrogen functional groups attached to an aromatic ring is 1. The Bertz CT molecular complexity index is 397. The van der Waals surface area contributed by atoms with Crippen molar-refractivity contribution in [2.24, 2.45) is 0 Å². The third-order valence-electron chi connectivity index (χ3n) is 2.77. The van der Waals surface area contributed by atoms with Gasteiger partial charge in [0, 0.05) is 18.8 Å². The highest BCUT2D eigenvalue weighted by molar-refractivity contribution is 5.40. The van der Waals surface area contributed by atoms with Crippen molar-refractivity contribution in [1.29, 1.82) is 0 Å². The van der Waals surface area contributed by atoms with E-state index >= 15 is 0 Å². The van der Waals surface area contributed by atoms with Gasteiger partial charge in [0.05, 0.1) is 5.69 Å². The topological polar surface area (TPSA) is 62.1 Å². The van der Waals surface area contributed by atoms with Gasteiger partial charge in [-0.2, -0.15) is 0 Å². The van der Waals surface area contributed by atoms with Gasteiger partial charge in [0.1, 0.15) is 0 Å². The number of H-pyrrole nitrogens is 1. The molecular formula is C10H15N3O. The summed E-state index contributed by atoms with van der Waals surface area (Å²) in [5.74, 6) is 0. The summed E-state index contributed by atoms with van der Waals surface area (Å²) in [6.07, 6.45) is 0.976. The fourth-order valence-electron chi connectivity index (χ4n) is 1.85. The molecule has 1 aromatic heterocycles. The highest BCUT2D eigenvalue weighted by Crippen LogP contribution is 2.16. The van der Waals surface area contributed by atoms with Crippen LogP contribution in [-0.4, -0.2) is 23.0 Å². The molecule has 76 valence electrons. The van der Waals surface area contributed by atoms with Crippen molar-refractivity contribution in [3.05, 3.63) is 27.7 Å². The molecule has 2 rings (SSSR count). The van der Waals surface area contributed by atoms with Crippen molar-refractivity contribution in [3.8, 4) is 0 Å². The Kier molecular flexibility index (Phi) is 2.29. The molecule has 0 spiro atoms. The van der Waals surface area contributed by atoms with E-state index in [9.17, 15) is 4.79 Å². The Morgan fingerprint density at radius 3 is 3.14 bits per heavy atom. The maximum atomic E-state index is 11.3. The van der Waals surface area contributed by atoms with E-state index < -0.39 is 0 Å². The number of hydrogen-bond donors (Lipinski definition) is 2. The molecule has 1 aliphatic heterocycles. The lowest BCUT2D eigenvalue weighted by Gasteiger charge is -2.27. The van der Waals surface area contributed by atoms with Crippen molar-refractivity contribution in [3.63, 3.8) is 0 Å². The third-order valence-corrected chi connectivity index (χ3v) is 2.77. The normalized spacial score (nSPS) is 16.6. The zero-order valence-electron chi connectivity index (χ0n) is 8.34. The molecule has 4 nitrogen and oxygen atoms in total. The van der Waals surface area contributed by atoms with Crippen LogP contribution < -0.4 is 11.3 Å². The van der Waals surface area contributed by atoms with Crippen LogP contribution in [0.3, 0.4) is 0 Å². The van der Waals surface area contributed by atoms with Crippen LogP contribution in [-0.2, 0) is 13.0 Å². The molecule has 2 heterocycles. The summed E-state index contributed by atoms with van der Waals surface area (Å²) in [6.45, 7) is 5.03. The summed E-state index contributed by atoms with van der Waals surface area (Å²) in [6, 6.07) is 1.81. The first-order chi connectivity index (χ1) is 6.70. The van der Waals surface area contributed by atoms with Gasteiger partial charge < -0.3 is 10.7 Å². The molecule has 0 saturated carbocycles. The van der Waals surface area contributed by atoms with Crippen LogP contribution in [0.2, 0.25) is 0 Å². The zero-order valence-corrected chi connectivity index (χ0v) is 8.34. The van der Waals surface area contributed by atoms with Crippen LogP contribution in [0.1, 0.15) is 18.2 Å². The molecular weight excluding hydrogens is 178 g/mol. The van der Waals surface area contributed by atoms with Crippen LogP contribution in [0.4, 0.5) is 5.69 Å². The highest BCUT2D eigenvalue weighted by Gasteiger charge is 2.16. The van der Waals surface area contributed by atoms with Gasteiger partial charge in [0.2, 0.25) is 0 Å². The molecule has 0 unspecified atom stereocenters. The average Bonchev–Trinajstić information content (AvgIpc) is 2.19. The zero-order chi connectivity index (χ0) is 10.1. The number of likely N-dealkylation sites (N-methyl/N-ethyl adjacent to an activating group) is 1. The van der Waals surface area contributed by atoms with Crippen LogP contribution in [0.25, 0.3) is 0 Å². The van der Waals surface area contributed by atoms with Gasteiger partial charge in [0.25, 0.3) is 5.56 Å². The molecule has 1 aliphatic rings. The van der Waals surface area contributed by atoms with E-state index in [2.05, 4.69) is 16.8 Å². The number of hydrogen-bond acceptors (Lipinski definition) is 3. The van der Waals surface area contributed by atoms with Crippen LogP contribution >= 0.6 is 0 Å². The second-order valence-electron chi connectivity index (χ2n) is 3.68. The van der Waals surface area contributed by atoms with Gasteiger partial charge in [-0.1, -0.05) is 6.92 Å². The molecule has 0 fully saturated rings. The lowest BCUT2D eigenvalue weighted by atomic mass is 10.0. The standard InChI is InChI=1S/C10H15N3O/c1-2-13-4-3-7-5-8(11)10(14)12-9(7)6-13/h5H,2-4,6,11H2,1H3,(H,12,14). The minimum atomic E-state index is -0.165. The number of nitrogens with one attached hydrogen (secondary N) is 1. The van der Waals surface area contributed by atoms with Gasteiger partial charge in [-0.15, -0.1) is 0 Å². The first kappa shape index (κ1) is 9.27. The number of fused-ring (bicyclic) bond motifs is 1. The number of nitrogens with two attached hydrogens (primary N) is 1. The lowest BCUT2D eigenvalue weighted by molar-refractivity contribution is 0.263. The molecule has 0 aliphatic carbocycles. The summed E-state index contributed by atoms with van der Waals surface area (Å²) in [5, 5.41) is 0. The predicted octanol–water partition coefficient (Wildman–Crippen LogP) is 0.335. The Morgan fingerprint density at radius 1 is 1.64 bits per heavy atom. The molecule has 0 radical (unpaired) electrons. The summed E-state index contributed by atoms with van der Waals surface area (Å²) >= 11 is 0.